The van der Waals surface area contributed by atoms with Crippen LogP contribution in [0.4, 0.5) is 0 Å². The Bertz CT molecular complexity index is 497. The molecule has 3 nitrogen and oxygen atoms in total. The number of aromatic nitrogens is 1. The summed E-state index contributed by atoms with van der Waals surface area (Å²) in [6.45, 7) is 3.98. The Hall–Kier alpha value is -1.87. The molecule has 1 aromatic carbocycles. The van der Waals surface area contributed by atoms with Gasteiger partial charge >= 0.3 is 0 Å². The Morgan fingerprint density at radius 3 is 2.39 bits per heavy atom. The van der Waals surface area contributed by atoms with Crippen molar-refractivity contribution in [3.05, 3.63) is 59.9 Å². The number of hydrogen-bond acceptors (Lipinski definition) is 3. The van der Waals surface area contributed by atoms with E-state index in [-0.39, 0.29) is 12.1 Å². The smallest absolute Gasteiger partial charge is 0.139 e. The van der Waals surface area contributed by atoms with Crippen LogP contribution >= 0.6 is 0 Å². The maximum absolute atomic E-state index is 6.04. The fraction of sp³-hybridized carbons (Fsp3) is 0.267. The minimum absolute atomic E-state index is 0.0907. The maximum atomic E-state index is 6.04. The molecule has 0 radical (unpaired) electrons. The Balaban J connectivity index is 2.26. The first-order chi connectivity index (χ1) is 8.68. The van der Waals surface area contributed by atoms with E-state index in [0.29, 0.717) is 0 Å². The zero-order valence-electron chi connectivity index (χ0n) is 10.7. The molecule has 0 aliphatic carbocycles. The van der Waals surface area contributed by atoms with Gasteiger partial charge in [-0.1, -0.05) is 18.2 Å². The second-order valence-electron chi connectivity index (χ2n) is 4.44. The Morgan fingerprint density at radius 1 is 1.11 bits per heavy atom. The summed E-state index contributed by atoms with van der Waals surface area (Å²) in [6.07, 6.45) is 3.35. The van der Waals surface area contributed by atoms with E-state index in [2.05, 4.69) is 4.98 Å². The van der Waals surface area contributed by atoms with Crippen LogP contribution in [0.25, 0.3) is 0 Å². The molecule has 0 saturated carbocycles. The van der Waals surface area contributed by atoms with E-state index in [1.54, 1.807) is 12.4 Å². The molecule has 2 atom stereocenters. The van der Waals surface area contributed by atoms with Gasteiger partial charge in [-0.2, -0.15) is 0 Å². The average molecular weight is 242 g/mol. The first-order valence-corrected chi connectivity index (χ1v) is 6.06. The lowest BCUT2D eigenvalue weighted by molar-refractivity contribution is 0.179. The number of para-hydroxylation sites is 1. The number of hydrogen-bond donors (Lipinski definition) is 1. The summed E-state index contributed by atoms with van der Waals surface area (Å²) in [4.78, 5) is 4.02. The molecule has 1 aromatic heterocycles. The lowest BCUT2D eigenvalue weighted by Gasteiger charge is -2.23. The van der Waals surface area contributed by atoms with Gasteiger partial charge in [0.2, 0.25) is 0 Å². The van der Waals surface area contributed by atoms with Gasteiger partial charge in [-0.25, -0.2) is 0 Å². The number of pyridine rings is 1. The third-order valence-corrected chi connectivity index (χ3v) is 2.86. The minimum atomic E-state index is -0.158. The molecule has 0 aliphatic heterocycles. The van der Waals surface area contributed by atoms with Gasteiger partial charge in [0.05, 0.1) is 0 Å². The van der Waals surface area contributed by atoms with Crippen LogP contribution in [0.3, 0.4) is 0 Å². The number of nitrogens with two attached hydrogens (primary N) is 1. The summed E-state index contributed by atoms with van der Waals surface area (Å²) in [5.74, 6) is 0.872. The molecule has 0 saturated heterocycles. The SMILES string of the molecule is Cc1ccccc1OC(c1ccncc1)C(C)N. The highest BCUT2D eigenvalue weighted by Gasteiger charge is 2.18. The highest BCUT2D eigenvalue weighted by atomic mass is 16.5. The van der Waals surface area contributed by atoms with Gasteiger partial charge in [0.1, 0.15) is 11.9 Å². The predicted molar refractivity (Wildman–Crippen MR) is 72.4 cm³/mol. The molecule has 2 aromatic rings. The standard InChI is InChI=1S/C15H18N2O/c1-11-5-3-4-6-14(11)18-15(12(2)16)13-7-9-17-10-8-13/h3-10,12,15H,16H2,1-2H3. The number of nitrogens with zero attached hydrogens (tertiary/aromatic N) is 1. The van der Waals surface area contributed by atoms with Gasteiger partial charge < -0.3 is 10.5 Å². The molecule has 0 amide bonds. The Kier molecular flexibility index (Phi) is 3.95. The third kappa shape index (κ3) is 2.87. The first kappa shape index (κ1) is 12.6. The van der Waals surface area contributed by atoms with Crippen LogP contribution in [-0.2, 0) is 0 Å². The number of aryl methyl sites for hydroxylation is 1. The van der Waals surface area contributed by atoms with Crippen molar-refractivity contribution >= 4 is 0 Å². The van der Waals surface area contributed by atoms with Crippen molar-refractivity contribution in [3.8, 4) is 5.75 Å². The maximum Gasteiger partial charge on any atom is 0.139 e. The van der Waals surface area contributed by atoms with E-state index in [1.807, 2.05) is 50.2 Å². The van der Waals surface area contributed by atoms with Crippen LogP contribution in [0, 0.1) is 6.92 Å². The summed E-state index contributed by atoms with van der Waals surface area (Å²) in [7, 11) is 0. The molecular weight excluding hydrogens is 224 g/mol. The molecule has 18 heavy (non-hydrogen) atoms. The van der Waals surface area contributed by atoms with Crippen LogP contribution in [0.15, 0.2) is 48.8 Å². The molecular formula is C15H18N2O. The first-order valence-electron chi connectivity index (χ1n) is 6.06. The molecule has 94 valence electrons. The summed E-state index contributed by atoms with van der Waals surface area (Å²) in [6, 6.07) is 11.7. The van der Waals surface area contributed by atoms with Crippen LogP contribution in [0.1, 0.15) is 24.2 Å². The third-order valence-electron chi connectivity index (χ3n) is 2.86. The van der Waals surface area contributed by atoms with E-state index in [0.717, 1.165) is 16.9 Å². The number of ether oxygens (including phenoxy) is 1. The molecule has 0 bridgehead atoms. The van der Waals surface area contributed by atoms with Crippen molar-refractivity contribution in [3.63, 3.8) is 0 Å². The number of benzene rings is 1. The molecule has 2 N–H and O–H groups in total. The van der Waals surface area contributed by atoms with E-state index < -0.39 is 0 Å². The quantitative estimate of drug-likeness (QED) is 0.896. The average Bonchev–Trinajstić information content (AvgIpc) is 2.38. The van der Waals surface area contributed by atoms with E-state index >= 15 is 0 Å². The summed E-state index contributed by atoms with van der Waals surface area (Å²) < 4.78 is 6.04. The van der Waals surface area contributed by atoms with Gasteiger partial charge in [-0.05, 0) is 43.2 Å². The monoisotopic (exact) mass is 242 g/mol. The largest absolute Gasteiger partial charge is 0.484 e. The molecule has 0 aliphatic rings. The van der Waals surface area contributed by atoms with Gasteiger partial charge in [-0.15, -0.1) is 0 Å². The minimum Gasteiger partial charge on any atom is -0.484 e. The van der Waals surface area contributed by atoms with Crippen molar-refractivity contribution in [2.75, 3.05) is 0 Å². The lowest BCUT2D eigenvalue weighted by Crippen LogP contribution is -2.29. The summed E-state index contributed by atoms with van der Waals surface area (Å²) in [5, 5.41) is 0. The van der Waals surface area contributed by atoms with Crippen LogP contribution < -0.4 is 10.5 Å². The van der Waals surface area contributed by atoms with Crippen molar-refractivity contribution in [2.45, 2.75) is 26.0 Å². The molecule has 0 spiro atoms. The second-order valence-corrected chi connectivity index (χ2v) is 4.44. The Labute approximate surface area is 108 Å². The van der Waals surface area contributed by atoms with Gasteiger partial charge in [0.25, 0.3) is 0 Å². The predicted octanol–water partition coefficient (Wildman–Crippen LogP) is 2.86. The van der Waals surface area contributed by atoms with Crippen molar-refractivity contribution in [1.82, 2.24) is 4.98 Å². The second kappa shape index (κ2) is 5.65. The summed E-state index contributed by atoms with van der Waals surface area (Å²) in [5.41, 5.74) is 8.17. The van der Waals surface area contributed by atoms with Gasteiger partial charge in [0, 0.05) is 18.4 Å². The molecule has 2 rings (SSSR count). The van der Waals surface area contributed by atoms with Crippen LogP contribution in [0.5, 0.6) is 5.75 Å². The Morgan fingerprint density at radius 2 is 1.78 bits per heavy atom. The lowest BCUT2D eigenvalue weighted by atomic mass is 10.1. The van der Waals surface area contributed by atoms with Crippen molar-refractivity contribution < 1.29 is 4.74 Å². The molecule has 3 heteroatoms. The molecule has 2 unspecified atom stereocenters. The van der Waals surface area contributed by atoms with Crippen LogP contribution in [0.2, 0.25) is 0 Å². The fourth-order valence-corrected chi connectivity index (χ4v) is 1.86. The number of rotatable bonds is 4. The normalized spacial score (nSPS) is 13.9. The van der Waals surface area contributed by atoms with E-state index in [9.17, 15) is 0 Å². The van der Waals surface area contributed by atoms with Crippen LogP contribution in [-0.4, -0.2) is 11.0 Å². The van der Waals surface area contributed by atoms with Crippen molar-refractivity contribution in [1.29, 1.82) is 0 Å². The topological polar surface area (TPSA) is 48.1 Å². The van der Waals surface area contributed by atoms with Crippen molar-refractivity contribution in [2.24, 2.45) is 5.73 Å². The van der Waals surface area contributed by atoms with E-state index in [1.165, 1.54) is 0 Å². The van der Waals surface area contributed by atoms with Gasteiger partial charge in [-0.3, -0.25) is 4.98 Å². The zero-order chi connectivity index (χ0) is 13.0. The van der Waals surface area contributed by atoms with E-state index in [4.69, 9.17) is 10.5 Å². The highest BCUT2D eigenvalue weighted by Crippen LogP contribution is 2.26. The fourth-order valence-electron chi connectivity index (χ4n) is 1.86. The zero-order valence-corrected chi connectivity index (χ0v) is 10.7. The highest BCUT2D eigenvalue weighted by molar-refractivity contribution is 5.33. The summed E-state index contributed by atoms with van der Waals surface area (Å²) >= 11 is 0. The molecule has 1 heterocycles. The van der Waals surface area contributed by atoms with Gasteiger partial charge in [0.15, 0.2) is 0 Å². The molecule has 0 fully saturated rings.